The summed E-state index contributed by atoms with van der Waals surface area (Å²) in [7, 11) is 0. The van der Waals surface area contributed by atoms with Crippen molar-refractivity contribution in [2.45, 2.75) is 24.3 Å². The van der Waals surface area contributed by atoms with E-state index < -0.39 is 11.4 Å². The summed E-state index contributed by atoms with van der Waals surface area (Å²) in [6, 6.07) is 22.4. The molecular weight excluding hydrogens is 386 g/mol. The minimum absolute atomic E-state index is 0.0735. The van der Waals surface area contributed by atoms with Crippen LogP contribution in [0.2, 0.25) is 5.02 Å². The van der Waals surface area contributed by atoms with Gasteiger partial charge in [-0.05, 0) is 53.4 Å². The number of hydrogen-bond acceptors (Lipinski definition) is 2. The predicted molar refractivity (Wildman–Crippen MR) is 112 cm³/mol. The van der Waals surface area contributed by atoms with Crippen molar-refractivity contribution in [1.82, 2.24) is 0 Å². The number of anilines is 1. The zero-order chi connectivity index (χ0) is 20.2. The van der Waals surface area contributed by atoms with Crippen molar-refractivity contribution >= 4 is 29.2 Å². The highest BCUT2D eigenvalue weighted by atomic mass is 35.5. The Morgan fingerprint density at radius 3 is 2.66 bits per heavy atom. The summed E-state index contributed by atoms with van der Waals surface area (Å²) in [5.74, 6) is -0.797. The Morgan fingerprint density at radius 1 is 1.07 bits per heavy atom. The van der Waals surface area contributed by atoms with Gasteiger partial charge in [-0.25, -0.2) is 4.79 Å². The maximum Gasteiger partial charge on any atom is 0.335 e. The first-order valence-electron chi connectivity index (χ1n) is 9.50. The standard InChI is InChI=1S/C24H18ClNO3/c25-18-8-4-6-16(12-18)20-13-24(20)19-9-1-2-10-21(19)26(23(24)29)14-15-5-3-7-17(11-15)22(27)28/h1-12,20H,13-14H2,(H,27,28)/t20-,24-/m1/s1. The second-order valence-electron chi connectivity index (χ2n) is 7.70. The van der Waals surface area contributed by atoms with Gasteiger partial charge in [0, 0.05) is 16.6 Å². The monoisotopic (exact) mass is 403 g/mol. The molecule has 1 aliphatic heterocycles. The topological polar surface area (TPSA) is 57.6 Å². The quantitative estimate of drug-likeness (QED) is 0.666. The second kappa shape index (κ2) is 6.46. The summed E-state index contributed by atoms with van der Waals surface area (Å²) in [4.78, 5) is 26.7. The Balaban J connectivity index is 1.52. The van der Waals surface area contributed by atoms with Crippen LogP contribution in [0.5, 0.6) is 0 Å². The van der Waals surface area contributed by atoms with E-state index >= 15 is 0 Å². The molecular formula is C24H18ClNO3. The molecule has 3 aromatic carbocycles. The third-order valence-corrected chi connectivity index (χ3v) is 6.26. The highest BCUT2D eigenvalue weighted by Crippen LogP contribution is 2.66. The van der Waals surface area contributed by atoms with Crippen LogP contribution in [0.4, 0.5) is 5.69 Å². The largest absolute Gasteiger partial charge is 0.478 e. The van der Waals surface area contributed by atoms with Gasteiger partial charge in [-0.3, -0.25) is 4.79 Å². The number of carboxylic acid groups (broad SMARTS) is 1. The molecule has 4 nitrogen and oxygen atoms in total. The van der Waals surface area contributed by atoms with E-state index in [-0.39, 0.29) is 17.4 Å². The van der Waals surface area contributed by atoms with Gasteiger partial charge in [0.15, 0.2) is 0 Å². The molecule has 0 unspecified atom stereocenters. The zero-order valence-corrected chi connectivity index (χ0v) is 16.3. The van der Waals surface area contributed by atoms with E-state index in [4.69, 9.17) is 11.6 Å². The van der Waals surface area contributed by atoms with E-state index in [1.807, 2.05) is 54.6 Å². The molecule has 29 heavy (non-hydrogen) atoms. The van der Waals surface area contributed by atoms with Crippen LogP contribution in [0, 0.1) is 0 Å². The van der Waals surface area contributed by atoms with Gasteiger partial charge in [-0.15, -0.1) is 0 Å². The summed E-state index contributed by atoms with van der Waals surface area (Å²) >= 11 is 6.18. The van der Waals surface area contributed by atoms with E-state index in [1.54, 1.807) is 23.1 Å². The number of aromatic carboxylic acids is 1. The molecule has 2 aliphatic rings. The molecule has 1 heterocycles. The summed E-state index contributed by atoms with van der Waals surface area (Å²) in [5.41, 5.74) is 3.50. The summed E-state index contributed by atoms with van der Waals surface area (Å²) < 4.78 is 0. The Morgan fingerprint density at radius 2 is 1.86 bits per heavy atom. The van der Waals surface area contributed by atoms with E-state index in [9.17, 15) is 14.7 Å². The number of fused-ring (bicyclic) bond motifs is 2. The van der Waals surface area contributed by atoms with Gasteiger partial charge in [0.1, 0.15) is 0 Å². The zero-order valence-electron chi connectivity index (χ0n) is 15.5. The third-order valence-electron chi connectivity index (χ3n) is 6.03. The van der Waals surface area contributed by atoms with Crippen LogP contribution in [0.15, 0.2) is 72.8 Å². The summed E-state index contributed by atoms with van der Waals surface area (Å²) in [6.07, 6.45) is 0.759. The number of carbonyl (C=O) groups excluding carboxylic acids is 1. The molecule has 0 radical (unpaired) electrons. The maximum atomic E-state index is 13.6. The number of halogens is 1. The molecule has 1 aliphatic carbocycles. The molecule has 1 spiro atoms. The van der Waals surface area contributed by atoms with Crippen molar-refractivity contribution in [2.24, 2.45) is 0 Å². The van der Waals surface area contributed by atoms with Crippen LogP contribution in [0.1, 0.15) is 39.4 Å². The molecule has 0 bridgehead atoms. The summed E-state index contributed by atoms with van der Waals surface area (Å²) in [5, 5.41) is 9.94. The van der Waals surface area contributed by atoms with Gasteiger partial charge >= 0.3 is 5.97 Å². The number of amides is 1. The van der Waals surface area contributed by atoms with Crippen LogP contribution >= 0.6 is 11.6 Å². The van der Waals surface area contributed by atoms with Crippen molar-refractivity contribution in [3.63, 3.8) is 0 Å². The molecule has 1 saturated carbocycles. The van der Waals surface area contributed by atoms with Gasteiger partial charge in [-0.2, -0.15) is 0 Å². The third kappa shape index (κ3) is 2.75. The highest BCUT2D eigenvalue weighted by Gasteiger charge is 2.67. The van der Waals surface area contributed by atoms with Crippen LogP contribution in [-0.2, 0) is 16.8 Å². The van der Waals surface area contributed by atoms with E-state index in [1.165, 1.54) is 0 Å². The molecule has 1 fully saturated rings. The average molecular weight is 404 g/mol. The first-order valence-corrected chi connectivity index (χ1v) is 9.88. The predicted octanol–water partition coefficient (Wildman–Crippen LogP) is 5.01. The van der Waals surface area contributed by atoms with E-state index in [0.717, 1.165) is 28.8 Å². The summed E-state index contributed by atoms with van der Waals surface area (Å²) in [6.45, 7) is 0.348. The van der Waals surface area contributed by atoms with Crippen molar-refractivity contribution in [1.29, 1.82) is 0 Å². The molecule has 2 atom stereocenters. The lowest BCUT2D eigenvalue weighted by atomic mass is 9.92. The molecule has 1 amide bonds. The normalized spacial score (nSPS) is 22.0. The first-order chi connectivity index (χ1) is 14.0. The number of carbonyl (C=O) groups is 2. The second-order valence-corrected chi connectivity index (χ2v) is 8.13. The van der Waals surface area contributed by atoms with Crippen molar-refractivity contribution in [3.8, 4) is 0 Å². The minimum atomic E-state index is -0.973. The fourth-order valence-corrected chi connectivity index (χ4v) is 4.82. The van der Waals surface area contributed by atoms with Crippen LogP contribution in [0.25, 0.3) is 0 Å². The first kappa shape index (κ1) is 18.0. The lowest BCUT2D eigenvalue weighted by molar-refractivity contribution is -0.120. The van der Waals surface area contributed by atoms with Crippen molar-refractivity contribution in [2.75, 3.05) is 4.90 Å². The number of para-hydroxylation sites is 1. The Hall–Kier alpha value is -3.11. The smallest absolute Gasteiger partial charge is 0.335 e. The minimum Gasteiger partial charge on any atom is -0.478 e. The number of hydrogen-bond donors (Lipinski definition) is 1. The number of rotatable bonds is 4. The van der Waals surface area contributed by atoms with Crippen molar-refractivity contribution < 1.29 is 14.7 Å². The van der Waals surface area contributed by atoms with E-state index in [2.05, 4.69) is 0 Å². The van der Waals surface area contributed by atoms with E-state index in [0.29, 0.717) is 11.6 Å². The molecule has 0 aromatic heterocycles. The molecule has 5 heteroatoms. The number of benzene rings is 3. The van der Waals surface area contributed by atoms with Gasteiger partial charge in [0.2, 0.25) is 5.91 Å². The average Bonchev–Trinajstić information content (AvgIpc) is 3.44. The van der Waals surface area contributed by atoms with Crippen molar-refractivity contribution in [3.05, 3.63) is 100 Å². The van der Waals surface area contributed by atoms with Crippen LogP contribution < -0.4 is 4.90 Å². The van der Waals surface area contributed by atoms with Gasteiger partial charge < -0.3 is 10.0 Å². The Kier molecular flexibility index (Phi) is 4.00. The molecule has 5 rings (SSSR count). The number of carboxylic acids is 1. The SMILES string of the molecule is O=C(O)c1cccc(CN2C(=O)[C@]3(C[C@@H]3c3cccc(Cl)c3)c3ccccc32)c1. The van der Waals surface area contributed by atoms with Gasteiger partial charge in [0.05, 0.1) is 17.5 Å². The van der Waals surface area contributed by atoms with Crippen LogP contribution in [0.3, 0.4) is 0 Å². The molecule has 1 N–H and O–H groups in total. The van der Waals surface area contributed by atoms with Gasteiger partial charge in [0.25, 0.3) is 0 Å². The molecule has 0 saturated heterocycles. The Labute approximate surface area is 173 Å². The van der Waals surface area contributed by atoms with Gasteiger partial charge in [-0.1, -0.05) is 54.1 Å². The fourth-order valence-electron chi connectivity index (χ4n) is 4.62. The maximum absolute atomic E-state index is 13.6. The fraction of sp³-hybridized carbons (Fsp3) is 0.167. The molecule has 3 aromatic rings. The molecule has 144 valence electrons. The Bertz CT molecular complexity index is 1160. The van der Waals surface area contributed by atoms with Crippen LogP contribution in [-0.4, -0.2) is 17.0 Å². The lowest BCUT2D eigenvalue weighted by Crippen LogP contribution is -2.32. The highest BCUT2D eigenvalue weighted by molar-refractivity contribution is 6.30. The lowest BCUT2D eigenvalue weighted by Gasteiger charge is -2.19. The number of nitrogens with zero attached hydrogens (tertiary/aromatic N) is 1.